The molecule has 0 saturated carbocycles. The van der Waals surface area contributed by atoms with E-state index in [0.29, 0.717) is 17.4 Å². The highest BCUT2D eigenvalue weighted by Gasteiger charge is 2.20. The lowest BCUT2D eigenvalue weighted by atomic mass is 10.0. The molecule has 0 aromatic carbocycles. The molecular weight excluding hydrogens is 250 g/mol. The molecule has 1 aliphatic rings. The van der Waals surface area contributed by atoms with Crippen LogP contribution < -0.4 is 5.32 Å². The summed E-state index contributed by atoms with van der Waals surface area (Å²) in [5.74, 6) is 0.663. The van der Waals surface area contributed by atoms with Crippen LogP contribution >= 0.6 is 0 Å². The van der Waals surface area contributed by atoms with E-state index in [1.54, 1.807) is 0 Å². The van der Waals surface area contributed by atoms with Gasteiger partial charge in [-0.15, -0.1) is 5.10 Å². The molecule has 0 atom stereocenters. The van der Waals surface area contributed by atoms with Crippen molar-refractivity contribution in [2.45, 2.75) is 45.6 Å². The number of nitrogens with one attached hydrogen (secondary N) is 1. The minimum Gasteiger partial charge on any atom is -0.365 e. The van der Waals surface area contributed by atoms with E-state index in [4.69, 9.17) is 0 Å². The molecule has 0 spiro atoms. The fourth-order valence-electron chi connectivity index (χ4n) is 2.74. The third-order valence-electron chi connectivity index (χ3n) is 4.02. The summed E-state index contributed by atoms with van der Waals surface area (Å²) in [4.78, 5) is 2.33. The first-order chi connectivity index (χ1) is 9.69. The van der Waals surface area contributed by atoms with Crippen molar-refractivity contribution in [1.29, 1.82) is 5.26 Å². The molecule has 1 saturated heterocycles. The zero-order chi connectivity index (χ0) is 14.5. The molecule has 5 nitrogen and oxygen atoms in total. The Bertz CT molecular complexity index is 498. The number of anilines is 1. The molecule has 0 amide bonds. The Morgan fingerprint density at radius 2 is 1.95 bits per heavy atom. The maximum absolute atomic E-state index is 9.46. The Balaban J connectivity index is 2.22. The molecule has 1 aromatic heterocycles. The molecule has 0 aliphatic carbocycles. The fourth-order valence-corrected chi connectivity index (χ4v) is 2.74. The van der Waals surface area contributed by atoms with Crippen LogP contribution in [0.5, 0.6) is 0 Å². The number of piperidine rings is 1. The summed E-state index contributed by atoms with van der Waals surface area (Å²) in [7, 11) is 2.14. The van der Waals surface area contributed by atoms with Crippen molar-refractivity contribution in [3.63, 3.8) is 0 Å². The Labute approximate surface area is 121 Å². The van der Waals surface area contributed by atoms with Crippen molar-refractivity contribution >= 4 is 5.82 Å². The van der Waals surface area contributed by atoms with Crippen LogP contribution in [0, 0.1) is 11.3 Å². The van der Waals surface area contributed by atoms with Gasteiger partial charge >= 0.3 is 0 Å². The summed E-state index contributed by atoms with van der Waals surface area (Å²) in [6.07, 6.45) is 3.81. The van der Waals surface area contributed by atoms with Crippen molar-refractivity contribution in [2.24, 2.45) is 0 Å². The first-order valence-electron chi connectivity index (χ1n) is 7.43. The topological polar surface area (TPSA) is 64.8 Å². The number of hydrogen-bond donors (Lipinski definition) is 1. The minimum absolute atomic E-state index is 0.393. The van der Waals surface area contributed by atoms with Gasteiger partial charge in [0.25, 0.3) is 0 Å². The van der Waals surface area contributed by atoms with Crippen molar-refractivity contribution in [3.8, 4) is 6.07 Å². The highest BCUT2D eigenvalue weighted by atomic mass is 15.2. The molecular formula is C15H23N5. The molecule has 2 rings (SSSR count). The van der Waals surface area contributed by atoms with Crippen molar-refractivity contribution in [1.82, 2.24) is 15.1 Å². The lowest BCUT2D eigenvalue weighted by Gasteiger charge is -2.30. The number of aryl methyl sites for hydroxylation is 1. The summed E-state index contributed by atoms with van der Waals surface area (Å²) < 4.78 is 0. The molecule has 0 radical (unpaired) electrons. The van der Waals surface area contributed by atoms with Crippen LogP contribution in [0.4, 0.5) is 5.82 Å². The van der Waals surface area contributed by atoms with Crippen LogP contribution in [-0.2, 0) is 12.8 Å². The number of nitriles is 1. The maximum atomic E-state index is 9.46. The summed E-state index contributed by atoms with van der Waals surface area (Å²) in [5.41, 5.74) is 2.66. The Kier molecular flexibility index (Phi) is 4.91. The number of rotatable bonds is 4. The van der Waals surface area contributed by atoms with Gasteiger partial charge in [-0.1, -0.05) is 13.8 Å². The van der Waals surface area contributed by atoms with E-state index in [1.807, 2.05) is 6.92 Å². The maximum Gasteiger partial charge on any atom is 0.167 e. The van der Waals surface area contributed by atoms with Gasteiger partial charge in [0.1, 0.15) is 11.6 Å². The van der Waals surface area contributed by atoms with E-state index in [0.717, 1.165) is 50.0 Å². The number of hydrogen-bond acceptors (Lipinski definition) is 5. The lowest BCUT2D eigenvalue weighted by molar-refractivity contribution is 0.263. The van der Waals surface area contributed by atoms with E-state index in [9.17, 15) is 5.26 Å². The second-order valence-corrected chi connectivity index (χ2v) is 5.39. The van der Waals surface area contributed by atoms with Gasteiger partial charge < -0.3 is 10.2 Å². The third kappa shape index (κ3) is 3.07. The fraction of sp³-hybridized carbons (Fsp3) is 0.667. The van der Waals surface area contributed by atoms with Gasteiger partial charge in [-0.2, -0.15) is 10.4 Å². The summed E-state index contributed by atoms with van der Waals surface area (Å²) in [6, 6.07) is 2.71. The molecule has 108 valence electrons. The van der Waals surface area contributed by atoms with Crippen molar-refractivity contribution in [2.75, 3.05) is 25.5 Å². The van der Waals surface area contributed by atoms with Crippen LogP contribution in [0.3, 0.4) is 0 Å². The van der Waals surface area contributed by atoms with E-state index >= 15 is 0 Å². The number of nitrogens with zero attached hydrogens (tertiary/aromatic N) is 4. The van der Waals surface area contributed by atoms with E-state index in [1.165, 1.54) is 0 Å². The first kappa shape index (κ1) is 14.7. The van der Waals surface area contributed by atoms with Gasteiger partial charge in [0, 0.05) is 6.04 Å². The Morgan fingerprint density at radius 1 is 1.25 bits per heavy atom. The summed E-state index contributed by atoms with van der Waals surface area (Å²) in [6.45, 7) is 6.28. The largest absolute Gasteiger partial charge is 0.365 e. The predicted octanol–water partition coefficient (Wildman–Crippen LogP) is 1.98. The molecule has 20 heavy (non-hydrogen) atoms. The molecule has 2 heterocycles. The van der Waals surface area contributed by atoms with Crippen LogP contribution in [-0.4, -0.2) is 41.3 Å². The standard InChI is InChI=1S/C15H23N5/c1-4-12-13(10-16)15(19-18-14(12)5-2)17-11-6-8-20(3)9-7-11/h11H,4-9H2,1-3H3,(H,17,19). The highest BCUT2D eigenvalue weighted by Crippen LogP contribution is 2.22. The SMILES string of the molecule is CCc1nnc(NC2CCN(C)CC2)c(C#N)c1CC. The number of likely N-dealkylation sites (tertiary alicyclic amines) is 1. The van der Waals surface area contributed by atoms with Gasteiger partial charge in [-0.05, 0) is 51.4 Å². The smallest absolute Gasteiger partial charge is 0.167 e. The van der Waals surface area contributed by atoms with E-state index in [2.05, 4.69) is 40.5 Å². The second-order valence-electron chi connectivity index (χ2n) is 5.39. The molecule has 1 aliphatic heterocycles. The second kappa shape index (κ2) is 6.67. The Hall–Kier alpha value is -1.67. The zero-order valence-electron chi connectivity index (χ0n) is 12.6. The van der Waals surface area contributed by atoms with Crippen LogP contribution in [0.15, 0.2) is 0 Å². The highest BCUT2D eigenvalue weighted by molar-refractivity contribution is 5.56. The first-order valence-corrected chi connectivity index (χ1v) is 7.43. The normalized spacial score (nSPS) is 16.9. The molecule has 5 heteroatoms. The van der Waals surface area contributed by atoms with Crippen molar-refractivity contribution in [3.05, 3.63) is 16.8 Å². The third-order valence-corrected chi connectivity index (χ3v) is 4.02. The van der Waals surface area contributed by atoms with E-state index < -0.39 is 0 Å². The minimum atomic E-state index is 0.393. The van der Waals surface area contributed by atoms with Gasteiger partial charge in [0.15, 0.2) is 5.82 Å². The van der Waals surface area contributed by atoms with Crippen LogP contribution in [0.1, 0.15) is 43.5 Å². The summed E-state index contributed by atoms with van der Waals surface area (Å²) in [5, 5.41) is 21.4. The quantitative estimate of drug-likeness (QED) is 0.908. The van der Waals surface area contributed by atoms with Gasteiger partial charge in [-0.25, -0.2) is 0 Å². The number of aromatic nitrogens is 2. The molecule has 1 fully saturated rings. The van der Waals surface area contributed by atoms with Gasteiger partial charge in [-0.3, -0.25) is 0 Å². The predicted molar refractivity (Wildman–Crippen MR) is 79.6 cm³/mol. The lowest BCUT2D eigenvalue weighted by Crippen LogP contribution is -2.37. The van der Waals surface area contributed by atoms with Crippen LogP contribution in [0.25, 0.3) is 0 Å². The Morgan fingerprint density at radius 3 is 2.50 bits per heavy atom. The van der Waals surface area contributed by atoms with E-state index in [-0.39, 0.29) is 0 Å². The van der Waals surface area contributed by atoms with Gasteiger partial charge in [0.2, 0.25) is 0 Å². The zero-order valence-corrected chi connectivity index (χ0v) is 12.6. The molecule has 0 unspecified atom stereocenters. The van der Waals surface area contributed by atoms with Crippen LogP contribution in [0.2, 0.25) is 0 Å². The molecule has 1 N–H and O–H groups in total. The average molecular weight is 273 g/mol. The molecule has 0 bridgehead atoms. The average Bonchev–Trinajstić information content (AvgIpc) is 2.48. The summed E-state index contributed by atoms with van der Waals surface area (Å²) >= 11 is 0. The van der Waals surface area contributed by atoms with Gasteiger partial charge in [0.05, 0.1) is 5.69 Å². The molecule has 1 aromatic rings. The monoisotopic (exact) mass is 273 g/mol. The van der Waals surface area contributed by atoms with Crippen molar-refractivity contribution < 1.29 is 0 Å².